The molecule has 1 amide bonds. The van der Waals surface area contributed by atoms with E-state index in [2.05, 4.69) is 21.8 Å². The second-order valence-electron chi connectivity index (χ2n) is 5.89. The standard InChI is InChI=1S/C15H21ClN4O/c1-18-6-8-19(9-7-18)13-4-5-20(11-13)15(21)14-3-2-12(16)10-17-14/h2-3,10,13H,4-9,11H2,1H3/t13-/m0/s1. The van der Waals surface area contributed by atoms with Gasteiger partial charge in [0.2, 0.25) is 0 Å². The summed E-state index contributed by atoms with van der Waals surface area (Å²) < 4.78 is 0. The Balaban J connectivity index is 1.59. The third-order valence-corrected chi connectivity index (χ3v) is 4.67. The lowest BCUT2D eigenvalue weighted by atomic mass is 10.2. The van der Waals surface area contributed by atoms with E-state index < -0.39 is 0 Å². The molecule has 2 fully saturated rings. The second-order valence-corrected chi connectivity index (χ2v) is 6.33. The van der Waals surface area contributed by atoms with E-state index in [9.17, 15) is 4.79 Å². The monoisotopic (exact) mass is 308 g/mol. The molecule has 5 nitrogen and oxygen atoms in total. The molecule has 3 rings (SSSR count). The molecule has 2 aliphatic heterocycles. The van der Waals surface area contributed by atoms with Crippen LogP contribution in [0.4, 0.5) is 0 Å². The fraction of sp³-hybridized carbons (Fsp3) is 0.600. The highest BCUT2D eigenvalue weighted by atomic mass is 35.5. The van der Waals surface area contributed by atoms with Crippen molar-refractivity contribution in [2.75, 3.05) is 46.3 Å². The smallest absolute Gasteiger partial charge is 0.272 e. The summed E-state index contributed by atoms with van der Waals surface area (Å²) in [5, 5.41) is 0.559. The number of likely N-dealkylation sites (tertiary alicyclic amines) is 1. The van der Waals surface area contributed by atoms with Gasteiger partial charge in [-0.05, 0) is 25.6 Å². The first-order valence-electron chi connectivity index (χ1n) is 7.47. The van der Waals surface area contributed by atoms with Crippen LogP contribution in [0.15, 0.2) is 18.3 Å². The lowest BCUT2D eigenvalue weighted by Crippen LogP contribution is -2.50. The van der Waals surface area contributed by atoms with E-state index in [0.29, 0.717) is 16.8 Å². The molecule has 0 aliphatic carbocycles. The highest BCUT2D eigenvalue weighted by molar-refractivity contribution is 6.30. The predicted octanol–water partition coefficient (Wildman–Crippen LogP) is 1.20. The number of piperazine rings is 1. The molecule has 1 atom stereocenters. The van der Waals surface area contributed by atoms with E-state index in [1.54, 1.807) is 12.1 Å². The first-order valence-corrected chi connectivity index (χ1v) is 7.85. The van der Waals surface area contributed by atoms with Crippen LogP contribution < -0.4 is 0 Å². The van der Waals surface area contributed by atoms with Crippen LogP contribution in [0.25, 0.3) is 0 Å². The van der Waals surface area contributed by atoms with Crippen LogP contribution >= 0.6 is 11.6 Å². The van der Waals surface area contributed by atoms with E-state index in [4.69, 9.17) is 11.6 Å². The van der Waals surface area contributed by atoms with Crippen LogP contribution in [0.1, 0.15) is 16.9 Å². The van der Waals surface area contributed by atoms with Gasteiger partial charge >= 0.3 is 0 Å². The Hall–Kier alpha value is -1.17. The van der Waals surface area contributed by atoms with Crippen molar-refractivity contribution in [2.45, 2.75) is 12.5 Å². The quantitative estimate of drug-likeness (QED) is 0.823. The van der Waals surface area contributed by atoms with Crippen molar-refractivity contribution >= 4 is 17.5 Å². The first-order chi connectivity index (χ1) is 10.1. The van der Waals surface area contributed by atoms with Gasteiger partial charge in [-0.2, -0.15) is 0 Å². The summed E-state index contributed by atoms with van der Waals surface area (Å²) in [6.07, 6.45) is 2.59. The fourth-order valence-electron chi connectivity index (χ4n) is 3.08. The van der Waals surface area contributed by atoms with Crippen molar-refractivity contribution in [1.82, 2.24) is 19.7 Å². The molecule has 2 saturated heterocycles. The van der Waals surface area contributed by atoms with Gasteiger partial charge in [-0.1, -0.05) is 11.6 Å². The van der Waals surface area contributed by atoms with Crippen LogP contribution in [0.3, 0.4) is 0 Å². The maximum Gasteiger partial charge on any atom is 0.272 e. The van der Waals surface area contributed by atoms with Gasteiger partial charge in [0.25, 0.3) is 5.91 Å². The number of rotatable bonds is 2. The van der Waals surface area contributed by atoms with Gasteiger partial charge < -0.3 is 9.80 Å². The average Bonchev–Trinajstić information content (AvgIpc) is 2.98. The summed E-state index contributed by atoms with van der Waals surface area (Å²) in [6, 6.07) is 3.92. The van der Waals surface area contributed by atoms with Crippen LogP contribution in [0, 0.1) is 0 Å². The Morgan fingerprint density at radius 3 is 2.67 bits per heavy atom. The number of halogens is 1. The summed E-state index contributed by atoms with van der Waals surface area (Å²) in [5.74, 6) is 0.0169. The Labute approximate surface area is 130 Å². The molecule has 1 aromatic heterocycles. The van der Waals surface area contributed by atoms with Crippen LogP contribution in [0.2, 0.25) is 5.02 Å². The minimum Gasteiger partial charge on any atom is -0.336 e. The maximum absolute atomic E-state index is 12.4. The van der Waals surface area contributed by atoms with Gasteiger partial charge in [-0.15, -0.1) is 0 Å². The average molecular weight is 309 g/mol. The van der Waals surface area contributed by atoms with E-state index in [1.807, 2.05) is 4.90 Å². The zero-order valence-corrected chi connectivity index (χ0v) is 13.1. The summed E-state index contributed by atoms with van der Waals surface area (Å²) in [7, 11) is 2.16. The van der Waals surface area contributed by atoms with Gasteiger partial charge in [0.05, 0.1) is 5.02 Å². The van der Waals surface area contributed by atoms with Crippen molar-refractivity contribution in [3.8, 4) is 0 Å². The highest BCUT2D eigenvalue weighted by Gasteiger charge is 2.32. The molecule has 0 bridgehead atoms. The number of likely N-dealkylation sites (N-methyl/N-ethyl adjacent to an activating group) is 1. The predicted molar refractivity (Wildman–Crippen MR) is 82.6 cm³/mol. The molecule has 21 heavy (non-hydrogen) atoms. The molecule has 0 unspecified atom stereocenters. The Morgan fingerprint density at radius 1 is 1.24 bits per heavy atom. The molecule has 2 aliphatic rings. The number of carbonyl (C=O) groups is 1. The van der Waals surface area contributed by atoms with Crippen LogP contribution in [-0.4, -0.2) is 77.9 Å². The fourth-order valence-corrected chi connectivity index (χ4v) is 3.19. The molecule has 3 heterocycles. The summed E-state index contributed by atoms with van der Waals surface area (Å²) in [4.78, 5) is 23.3. The summed E-state index contributed by atoms with van der Waals surface area (Å²) >= 11 is 5.81. The molecule has 1 aromatic rings. The minimum absolute atomic E-state index is 0.0169. The third-order valence-electron chi connectivity index (χ3n) is 4.45. The van der Waals surface area contributed by atoms with Gasteiger partial charge in [-0.3, -0.25) is 9.69 Å². The zero-order valence-electron chi connectivity index (χ0n) is 12.3. The number of aromatic nitrogens is 1. The number of hydrogen-bond donors (Lipinski definition) is 0. The molecule has 0 N–H and O–H groups in total. The Bertz CT molecular complexity index is 499. The lowest BCUT2D eigenvalue weighted by molar-refractivity contribution is 0.0750. The minimum atomic E-state index is 0.0169. The SMILES string of the molecule is CN1CCN([C@H]2CCN(C(=O)c3ccc(Cl)cn3)C2)CC1. The van der Waals surface area contributed by atoms with E-state index in [0.717, 1.165) is 45.7 Å². The van der Waals surface area contributed by atoms with E-state index >= 15 is 0 Å². The molecule has 0 saturated carbocycles. The molecular weight excluding hydrogens is 288 g/mol. The maximum atomic E-state index is 12.4. The highest BCUT2D eigenvalue weighted by Crippen LogP contribution is 2.19. The number of nitrogens with zero attached hydrogens (tertiary/aromatic N) is 4. The van der Waals surface area contributed by atoms with Gasteiger partial charge in [0.15, 0.2) is 0 Å². The lowest BCUT2D eigenvalue weighted by Gasteiger charge is -2.36. The van der Waals surface area contributed by atoms with Gasteiger partial charge in [0.1, 0.15) is 5.69 Å². The summed E-state index contributed by atoms with van der Waals surface area (Å²) in [5.41, 5.74) is 0.485. The van der Waals surface area contributed by atoms with Crippen LogP contribution in [0.5, 0.6) is 0 Å². The van der Waals surface area contributed by atoms with Gasteiger partial charge in [0, 0.05) is 51.5 Å². The number of hydrogen-bond acceptors (Lipinski definition) is 4. The molecule has 6 heteroatoms. The summed E-state index contributed by atoms with van der Waals surface area (Å²) in [6.45, 7) is 6.06. The van der Waals surface area contributed by atoms with Crippen molar-refractivity contribution in [1.29, 1.82) is 0 Å². The Morgan fingerprint density at radius 2 is 2.00 bits per heavy atom. The molecule has 0 radical (unpaired) electrons. The number of amides is 1. The number of pyridine rings is 1. The first kappa shape index (κ1) is 14.8. The molecule has 0 spiro atoms. The zero-order chi connectivity index (χ0) is 14.8. The molecular formula is C15H21ClN4O. The number of carbonyl (C=O) groups excluding carboxylic acids is 1. The molecule has 0 aromatic carbocycles. The van der Waals surface area contributed by atoms with Crippen molar-refractivity contribution in [3.63, 3.8) is 0 Å². The topological polar surface area (TPSA) is 39.7 Å². The van der Waals surface area contributed by atoms with Crippen molar-refractivity contribution in [2.24, 2.45) is 0 Å². The van der Waals surface area contributed by atoms with Crippen molar-refractivity contribution < 1.29 is 4.79 Å². The van der Waals surface area contributed by atoms with Crippen LogP contribution in [-0.2, 0) is 0 Å². The van der Waals surface area contributed by atoms with E-state index in [1.165, 1.54) is 6.20 Å². The Kier molecular flexibility index (Phi) is 4.42. The molecule has 114 valence electrons. The normalized spacial score (nSPS) is 24.5. The van der Waals surface area contributed by atoms with E-state index in [-0.39, 0.29) is 5.91 Å². The van der Waals surface area contributed by atoms with Crippen molar-refractivity contribution in [3.05, 3.63) is 29.0 Å². The van der Waals surface area contributed by atoms with Gasteiger partial charge in [-0.25, -0.2) is 4.98 Å². The second kappa shape index (κ2) is 6.30. The third kappa shape index (κ3) is 3.36. The largest absolute Gasteiger partial charge is 0.336 e.